The first-order valence-corrected chi connectivity index (χ1v) is 10.2. The van der Waals surface area contributed by atoms with Crippen LogP contribution in [-0.2, 0) is 10.8 Å². The van der Waals surface area contributed by atoms with Gasteiger partial charge in [-0.05, 0) is 50.6 Å². The van der Waals surface area contributed by atoms with Crippen LogP contribution in [0.2, 0.25) is 0 Å². The average molecular weight is 385 g/mol. The third-order valence-electron chi connectivity index (χ3n) is 5.66. The molecule has 0 amide bonds. The summed E-state index contributed by atoms with van der Waals surface area (Å²) >= 11 is 0. The Morgan fingerprint density at radius 1 is 0.586 bits per heavy atom. The lowest BCUT2D eigenvalue weighted by Crippen LogP contribution is -2.11. The van der Waals surface area contributed by atoms with Crippen LogP contribution in [0.3, 0.4) is 0 Å². The van der Waals surface area contributed by atoms with Gasteiger partial charge in [-0.1, -0.05) is 90.1 Å². The van der Waals surface area contributed by atoms with E-state index in [1.807, 2.05) is 18.2 Å². The summed E-state index contributed by atoms with van der Waals surface area (Å²) in [6.45, 7) is 13.1. The Morgan fingerprint density at radius 2 is 1.14 bits per heavy atom. The van der Waals surface area contributed by atoms with Crippen LogP contribution in [0, 0.1) is 0 Å². The molecule has 0 spiro atoms. The van der Waals surface area contributed by atoms with Crippen molar-refractivity contribution in [3.63, 3.8) is 0 Å². The molecule has 0 bridgehead atoms. The SMILES string of the molecule is CC(C)(C)c1ccc(-c2ccc3c(c2)c(=O)oc2cc(C(C)(C)C)ccc23)cc1. The molecular formula is C27H28O2. The van der Waals surface area contributed by atoms with Crippen molar-refractivity contribution in [1.82, 2.24) is 0 Å². The molecule has 4 aromatic rings. The summed E-state index contributed by atoms with van der Waals surface area (Å²) in [5.41, 5.74) is 5.06. The molecule has 4 rings (SSSR count). The van der Waals surface area contributed by atoms with E-state index in [2.05, 4.69) is 84.0 Å². The Balaban J connectivity index is 1.85. The molecule has 148 valence electrons. The van der Waals surface area contributed by atoms with E-state index in [0.29, 0.717) is 11.0 Å². The Kier molecular flexibility index (Phi) is 4.42. The van der Waals surface area contributed by atoms with Gasteiger partial charge in [0.1, 0.15) is 5.58 Å². The highest BCUT2D eigenvalue weighted by Gasteiger charge is 2.17. The number of benzene rings is 3. The normalized spacial score (nSPS) is 12.6. The van der Waals surface area contributed by atoms with Gasteiger partial charge in [0.05, 0.1) is 5.39 Å². The monoisotopic (exact) mass is 384 g/mol. The zero-order chi connectivity index (χ0) is 21.0. The maximum absolute atomic E-state index is 12.8. The third kappa shape index (κ3) is 3.60. The summed E-state index contributed by atoms with van der Waals surface area (Å²) in [5, 5.41) is 2.53. The smallest absolute Gasteiger partial charge is 0.344 e. The minimum absolute atomic E-state index is 0.00475. The second kappa shape index (κ2) is 6.59. The maximum atomic E-state index is 12.8. The van der Waals surface area contributed by atoms with Crippen LogP contribution in [0.15, 0.2) is 69.9 Å². The molecule has 0 unspecified atom stereocenters. The largest absolute Gasteiger partial charge is 0.422 e. The molecule has 0 saturated carbocycles. The molecule has 1 heterocycles. The van der Waals surface area contributed by atoms with Gasteiger partial charge in [-0.15, -0.1) is 0 Å². The van der Waals surface area contributed by atoms with Crippen molar-refractivity contribution < 1.29 is 4.42 Å². The molecule has 0 atom stereocenters. The van der Waals surface area contributed by atoms with Gasteiger partial charge in [0, 0.05) is 5.39 Å². The molecule has 0 N–H and O–H groups in total. The standard InChI is InChI=1S/C27H28O2/c1-26(2,3)19-10-7-17(8-11-19)18-9-13-21-22-14-12-20(27(4,5)6)16-24(22)29-25(28)23(21)15-18/h7-16H,1-6H3. The van der Waals surface area contributed by atoms with E-state index < -0.39 is 0 Å². The van der Waals surface area contributed by atoms with Gasteiger partial charge < -0.3 is 4.42 Å². The summed E-state index contributed by atoms with van der Waals surface area (Å²) in [6.07, 6.45) is 0. The highest BCUT2D eigenvalue weighted by Crippen LogP contribution is 2.32. The van der Waals surface area contributed by atoms with Crippen LogP contribution in [0.25, 0.3) is 32.9 Å². The predicted octanol–water partition coefficient (Wildman–Crippen LogP) is 7.21. The van der Waals surface area contributed by atoms with Gasteiger partial charge in [0.2, 0.25) is 0 Å². The van der Waals surface area contributed by atoms with Gasteiger partial charge in [-0.3, -0.25) is 0 Å². The Labute approximate surface area is 172 Å². The van der Waals surface area contributed by atoms with Crippen molar-refractivity contribution in [3.05, 3.63) is 82.2 Å². The van der Waals surface area contributed by atoms with Gasteiger partial charge in [0.25, 0.3) is 0 Å². The summed E-state index contributed by atoms with van der Waals surface area (Å²) in [7, 11) is 0. The molecule has 0 aliphatic heterocycles. The first kappa shape index (κ1) is 19.4. The van der Waals surface area contributed by atoms with Crippen LogP contribution >= 0.6 is 0 Å². The Hall–Kier alpha value is -2.87. The molecule has 2 nitrogen and oxygen atoms in total. The predicted molar refractivity (Wildman–Crippen MR) is 123 cm³/mol. The lowest BCUT2D eigenvalue weighted by molar-refractivity contribution is 0.560. The van der Waals surface area contributed by atoms with E-state index in [0.717, 1.165) is 27.5 Å². The van der Waals surface area contributed by atoms with Gasteiger partial charge in [-0.25, -0.2) is 4.79 Å². The summed E-state index contributed by atoms with van der Waals surface area (Å²) < 4.78 is 5.71. The first-order valence-electron chi connectivity index (χ1n) is 10.2. The fourth-order valence-electron chi connectivity index (χ4n) is 3.74. The van der Waals surface area contributed by atoms with E-state index in [-0.39, 0.29) is 16.5 Å². The number of hydrogen-bond acceptors (Lipinski definition) is 2. The fourth-order valence-corrected chi connectivity index (χ4v) is 3.74. The lowest BCUT2D eigenvalue weighted by Gasteiger charge is -2.19. The summed E-state index contributed by atoms with van der Waals surface area (Å²) in [6, 6.07) is 20.8. The molecule has 29 heavy (non-hydrogen) atoms. The highest BCUT2D eigenvalue weighted by atomic mass is 16.4. The van der Waals surface area contributed by atoms with Crippen molar-refractivity contribution >= 4 is 21.7 Å². The minimum Gasteiger partial charge on any atom is -0.422 e. The van der Waals surface area contributed by atoms with E-state index in [4.69, 9.17) is 4.42 Å². The van der Waals surface area contributed by atoms with Gasteiger partial charge in [-0.2, -0.15) is 0 Å². The van der Waals surface area contributed by atoms with Crippen LogP contribution in [0.1, 0.15) is 52.7 Å². The van der Waals surface area contributed by atoms with Gasteiger partial charge in [0.15, 0.2) is 0 Å². The van der Waals surface area contributed by atoms with Crippen LogP contribution in [0.4, 0.5) is 0 Å². The second-order valence-electron chi connectivity index (χ2n) is 9.94. The molecule has 3 aromatic carbocycles. The van der Waals surface area contributed by atoms with E-state index in [9.17, 15) is 4.79 Å². The molecular weight excluding hydrogens is 356 g/mol. The Morgan fingerprint density at radius 3 is 1.76 bits per heavy atom. The van der Waals surface area contributed by atoms with Crippen LogP contribution in [-0.4, -0.2) is 0 Å². The molecule has 0 fully saturated rings. The first-order chi connectivity index (χ1) is 13.5. The third-order valence-corrected chi connectivity index (χ3v) is 5.66. The molecule has 1 aromatic heterocycles. The lowest BCUT2D eigenvalue weighted by atomic mass is 9.86. The van der Waals surface area contributed by atoms with Crippen molar-refractivity contribution in [2.24, 2.45) is 0 Å². The van der Waals surface area contributed by atoms with Crippen molar-refractivity contribution in [2.45, 2.75) is 52.4 Å². The minimum atomic E-state index is -0.285. The molecule has 0 radical (unpaired) electrons. The highest BCUT2D eigenvalue weighted by molar-refractivity contribution is 6.05. The van der Waals surface area contributed by atoms with E-state index >= 15 is 0 Å². The molecule has 0 aliphatic rings. The summed E-state index contributed by atoms with van der Waals surface area (Å²) in [5.74, 6) is 0. The zero-order valence-electron chi connectivity index (χ0n) is 18.1. The van der Waals surface area contributed by atoms with Crippen molar-refractivity contribution in [3.8, 4) is 11.1 Å². The molecule has 2 heteroatoms. The van der Waals surface area contributed by atoms with Gasteiger partial charge >= 0.3 is 5.63 Å². The van der Waals surface area contributed by atoms with E-state index in [1.54, 1.807) is 0 Å². The van der Waals surface area contributed by atoms with Crippen LogP contribution in [0.5, 0.6) is 0 Å². The molecule has 0 aliphatic carbocycles. The number of hydrogen-bond donors (Lipinski definition) is 0. The quantitative estimate of drug-likeness (QED) is 0.256. The van der Waals surface area contributed by atoms with Crippen molar-refractivity contribution in [2.75, 3.05) is 0 Å². The van der Waals surface area contributed by atoms with Crippen LogP contribution < -0.4 is 5.63 Å². The Bertz CT molecular complexity index is 1260. The number of fused-ring (bicyclic) bond motifs is 3. The van der Waals surface area contributed by atoms with Crippen molar-refractivity contribution in [1.29, 1.82) is 0 Å². The fraction of sp³-hybridized carbons (Fsp3) is 0.296. The molecule has 0 saturated heterocycles. The second-order valence-corrected chi connectivity index (χ2v) is 9.94. The van der Waals surface area contributed by atoms with E-state index in [1.165, 1.54) is 5.56 Å². The summed E-state index contributed by atoms with van der Waals surface area (Å²) in [4.78, 5) is 12.8. The average Bonchev–Trinajstić information content (AvgIpc) is 2.66. The topological polar surface area (TPSA) is 30.2 Å². The zero-order valence-corrected chi connectivity index (χ0v) is 18.1. The number of rotatable bonds is 1. The maximum Gasteiger partial charge on any atom is 0.344 e.